The molecule has 0 radical (unpaired) electrons. The van der Waals surface area contributed by atoms with Crippen molar-refractivity contribution < 1.29 is 19.1 Å². The van der Waals surface area contributed by atoms with E-state index in [0.717, 1.165) is 0 Å². The zero-order valence-corrected chi connectivity index (χ0v) is 11.4. The molecule has 16 heavy (non-hydrogen) atoms. The predicted molar refractivity (Wildman–Crippen MR) is 64.1 cm³/mol. The average Bonchev–Trinajstić information content (AvgIpc) is 2.26. The molecule has 0 aromatic heterocycles. The van der Waals surface area contributed by atoms with Crippen molar-refractivity contribution in [2.45, 2.75) is 27.2 Å². The molecule has 0 N–H and O–H groups in total. The molecule has 4 nitrogen and oxygen atoms in total. The highest BCUT2D eigenvalue weighted by molar-refractivity contribution is 9.11. The number of hydrogen-bond donors (Lipinski definition) is 0. The standard InChI is InChI=1S/C11H17BrO4/c1-4-11(7-8-12,9(13)15-5-2)10(14)16-6-3/h7-8H,4-6H2,1-3H3/b8-7-. The number of esters is 2. The minimum Gasteiger partial charge on any atom is -0.465 e. The van der Waals surface area contributed by atoms with Crippen molar-refractivity contribution >= 4 is 27.9 Å². The summed E-state index contributed by atoms with van der Waals surface area (Å²) in [4.78, 5) is 25.1. The normalized spacial score (nSPS) is 11.5. The zero-order chi connectivity index (χ0) is 12.6. The second-order valence-corrected chi connectivity index (χ2v) is 3.59. The van der Waals surface area contributed by atoms with Gasteiger partial charge in [0.15, 0.2) is 5.41 Å². The monoisotopic (exact) mass is 292 g/mol. The third-order valence-electron chi connectivity index (χ3n) is 2.18. The van der Waals surface area contributed by atoms with Gasteiger partial charge in [-0.05, 0) is 31.3 Å². The van der Waals surface area contributed by atoms with E-state index in [2.05, 4.69) is 15.9 Å². The van der Waals surface area contributed by atoms with Crippen LogP contribution in [0.1, 0.15) is 27.2 Å². The quantitative estimate of drug-likeness (QED) is 0.557. The summed E-state index contributed by atoms with van der Waals surface area (Å²) in [5.74, 6) is -1.15. The molecule has 5 heteroatoms. The molecule has 92 valence electrons. The minimum atomic E-state index is -1.34. The second kappa shape index (κ2) is 7.44. The van der Waals surface area contributed by atoms with Crippen LogP contribution in [0.3, 0.4) is 0 Å². The van der Waals surface area contributed by atoms with Crippen molar-refractivity contribution in [1.29, 1.82) is 0 Å². The minimum absolute atomic E-state index is 0.232. The van der Waals surface area contributed by atoms with Crippen LogP contribution in [0.5, 0.6) is 0 Å². The first kappa shape index (κ1) is 15.2. The molecule has 0 aromatic carbocycles. The topological polar surface area (TPSA) is 52.6 Å². The van der Waals surface area contributed by atoms with Crippen molar-refractivity contribution in [2.24, 2.45) is 5.41 Å². The van der Waals surface area contributed by atoms with Crippen LogP contribution in [-0.4, -0.2) is 25.2 Å². The van der Waals surface area contributed by atoms with Gasteiger partial charge in [-0.2, -0.15) is 0 Å². The van der Waals surface area contributed by atoms with Crippen LogP contribution in [-0.2, 0) is 19.1 Å². The fraction of sp³-hybridized carbons (Fsp3) is 0.636. The molecular formula is C11H17BrO4. The first-order chi connectivity index (χ1) is 7.58. The lowest BCUT2D eigenvalue weighted by Gasteiger charge is -2.24. The van der Waals surface area contributed by atoms with E-state index >= 15 is 0 Å². The Morgan fingerprint density at radius 1 is 1.12 bits per heavy atom. The lowest BCUT2D eigenvalue weighted by molar-refractivity contribution is -0.168. The molecule has 0 aliphatic carbocycles. The lowest BCUT2D eigenvalue weighted by Crippen LogP contribution is -2.40. The molecule has 0 saturated heterocycles. The van der Waals surface area contributed by atoms with Crippen molar-refractivity contribution in [3.8, 4) is 0 Å². The van der Waals surface area contributed by atoms with Gasteiger partial charge >= 0.3 is 11.9 Å². The fourth-order valence-corrected chi connectivity index (χ4v) is 1.70. The Morgan fingerprint density at radius 3 is 1.81 bits per heavy atom. The molecule has 0 atom stereocenters. The van der Waals surface area contributed by atoms with Crippen LogP contribution >= 0.6 is 15.9 Å². The summed E-state index contributed by atoms with van der Waals surface area (Å²) in [5, 5.41) is 0. The molecule has 0 fully saturated rings. The Balaban J connectivity index is 5.13. The second-order valence-electron chi connectivity index (χ2n) is 3.06. The molecule has 0 spiro atoms. The van der Waals surface area contributed by atoms with Gasteiger partial charge in [0.25, 0.3) is 0 Å². The molecule has 0 unspecified atom stereocenters. The van der Waals surface area contributed by atoms with Gasteiger partial charge < -0.3 is 9.47 Å². The predicted octanol–water partition coefficient (Wildman–Crippen LogP) is 2.42. The van der Waals surface area contributed by atoms with Gasteiger partial charge in [-0.15, -0.1) is 0 Å². The van der Waals surface area contributed by atoms with Crippen LogP contribution in [0, 0.1) is 5.41 Å². The zero-order valence-electron chi connectivity index (χ0n) is 9.79. The van der Waals surface area contributed by atoms with E-state index < -0.39 is 17.4 Å². The van der Waals surface area contributed by atoms with E-state index in [1.165, 1.54) is 11.1 Å². The fourth-order valence-electron chi connectivity index (χ4n) is 1.25. The number of halogens is 1. The summed E-state index contributed by atoms with van der Waals surface area (Å²) in [5.41, 5.74) is -1.34. The van der Waals surface area contributed by atoms with Gasteiger partial charge in [0.2, 0.25) is 0 Å². The summed E-state index contributed by atoms with van der Waals surface area (Å²) in [6.45, 7) is 5.59. The molecule has 0 rings (SSSR count). The Bertz CT molecular complexity index is 255. The maximum absolute atomic E-state index is 11.8. The Hall–Kier alpha value is -0.840. The highest BCUT2D eigenvalue weighted by atomic mass is 79.9. The van der Waals surface area contributed by atoms with Gasteiger partial charge in [0, 0.05) is 0 Å². The van der Waals surface area contributed by atoms with Crippen LogP contribution in [0.2, 0.25) is 0 Å². The molecule has 0 bridgehead atoms. The highest BCUT2D eigenvalue weighted by Gasteiger charge is 2.45. The van der Waals surface area contributed by atoms with E-state index in [0.29, 0.717) is 6.42 Å². The maximum Gasteiger partial charge on any atom is 0.327 e. The van der Waals surface area contributed by atoms with E-state index in [9.17, 15) is 9.59 Å². The molecule has 0 heterocycles. The Kier molecular flexibility index (Phi) is 7.05. The Morgan fingerprint density at radius 2 is 1.56 bits per heavy atom. The largest absolute Gasteiger partial charge is 0.465 e. The summed E-state index contributed by atoms with van der Waals surface area (Å²) < 4.78 is 9.81. The van der Waals surface area contributed by atoms with E-state index in [1.807, 2.05) is 0 Å². The lowest BCUT2D eigenvalue weighted by atomic mass is 9.85. The van der Waals surface area contributed by atoms with Crippen molar-refractivity contribution in [2.75, 3.05) is 13.2 Å². The first-order valence-corrected chi connectivity index (χ1v) is 6.12. The summed E-state index contributed by atoms with van der Waals surface area (Å²) in [6, 6.07) is 0. The first-order valence-electron chi connectivity index (χ1n) is 5.21. The van der Waals surface area contributed by atoms with Crippen LogP contribution in [0.15, 0.2) is 11.1 Å². The smallest absolute Gasteiger partial charge is 0.327 e. The number of ether oxygens (including phenoxy) is 2. The molecule has 0 saturated carbocycles. The highest BCUT2D eigenvalue weighted by Crippen LogP contribution is 2.28. The van der Waals surface area contributed by atoms with Gasteiger partial charge in [-0.1, -0.05) is 22.9 Å². The van der Waals surface area contributed by atoms with E-state index in [1.54, 1.807) is 20.8 Å². The van der Waals surface area contributed by atoms with Crippen LogP contribution < -0.4 is 0 Å². The molecular weight excluding hydrogens is 276 g/mol. The molecule has 0 aliphatic rings. The van der Waals surface area contributed by atoms with Crippen LogP contribution in [0.25, 0.3) is 0 Å². The van der Waals surface area contributed by atoms with Gasteiger partial charge in [0.05, 0.1) is 13.2 Å². The average molecular weight is 293 g/mol. The van der Waals surface area contributed by atoms with Crippen molar-refractivity contribution in [3.05, 3.63) is 11.1 Å². The summed E-state index contributed by atoms with van der Waals surface area (Å²) in [7, 11) is 0. The molecule has 0 aromatic rings. The maximum atomic E-state index is 11.8. The van der Waals surface area contributed by atoms with Crippen molar-refractivity contribution in [1.82, 2.24) is 0 Å². The summed E-state index contributed by atoms with van der Waals surface area (Å²) >= 11 is 3.07. The number of carbonyl (C=O) groups excluding carboxylic acids is 2. The van der Waals surface area contributed by atoms with Gasteiger partial charge in [-0.3, -0.25) is 9.59 Å². The Labute approximate surface area is 104 Å². The third-order valence-corrected chi connectivity index (χ3v) is 2.45. The molecule has 0 aliphatic heterocycles. The number of carbonyl (C=O) groups is 2. The third kappa shape index (κ3) is 3.33. The van der Waals surface area contributed by atoms with Gasteiger partial charge in [0.1, 0.15) is 0 Å². The van der Waals surface area contributed by atoms with Gasteiger partial charge in [-0.25, -0.2) is 0 Å². The number of rotatable bonds is 6. The van der Waals surface area contributed by atoms with Crippen LogP contribution in [0.4, 0.5) is 0 Å². The van der Waals surface area contributed by atoms with E-state index in [-0.39, 0.29) is 13.2 Å². The van der Waals surface area contributed by atoms with E-state index in [4.69, 9.17) is 9.47 Å². The summed E-state index contributed by atoms with van der Waals surface area (Å²) in [6.07, 6.45) is 1.76. The van der Waals surface area contributed by atoms with Crippen molar-refractivity contribution in [3.63, 3.8) is 0 Å². The molecule has 0 amide bonds. The SMILES string of the molecule is CCOC(=O)C(/C=C\Br)(CC)C(=O)OCC. The number of hydrogen-bond acceptors (Lipinski definition) is 4.